The van der Waals surface area contributed by atoms with Crippen LogP contribution in [-0.4, -0.2) is 28.5 Å². The Hall–Kier alpha value is -3.77. The van der Waals surface area contributed by atoms with Gasteiger partial charge in [0.05, 0.1) is 6.21 Å². The molecule has 6 nitrogen and oxygen atoms in total. The molecule has 0 atom stereocenters. The van der Waals surface area contributed by atoms with Gasteiger partial charge in [0.2, 0.25) is 6.61 Å². The van der Waals surface area contributed by atoms with E-state index in [1.807, 2.05) is 66.9 Å². The minimum absolute atomic E-state index is 0.391. The molecular weight excluding hydrogens is 428 g/mol. The van der Waals surface area contributed by atoms with Crippen LogP contribution in [0.4, 0.5) is 0 Å². The molecule has 32 heavy (non-hydrogen) atoms. The number of aromatic nitrogens is 1. The minimum Gasteiger partial charge on any atom is -0.489 e. The number of carboxylic acids is 1. The number of carbonyl (C=O) groups is 1. The predicted molar refractivity (Wildman–Crippen MR) is 124 cm³/mol. The van der Waals surface area contributed by atoms with Gasteiger partial charge in [-0.25, -0.2) is 4.79 Å². The van der Waals surface area contributed by atoms with E-state index in [4.69, 9.17) is 26.3 Å². The van der Waals surface area contributed by atoms with Gasteiger partial charge in [0.1, 0.15) is 12.4 Å². The maximum Gasteiger partial charge on any atom is 0.344 e. The zero-order valence-electron chi connectivity index (χ0n) is 17.1. The van der Waals surface area contributed by atoms with Crippen LogP contribution in [0.15, 0.2) is 84.1 Å². The molecule has 7 heteroatoms. The number of benzene rings is 3. The van der Waals surface area contributed by atoms with Gasteiger partial charge in [0, 0.05) is 34.2 Å². The maximum atomic E-state index is 10.7. The smallest absolute Gasteiger partial charge is 0.344 e. The first kappa shape index (κ1) is 21.5. The predicted octanol–water partition coefficient (Wildman–Crippen LogP) is 5.36. The van der Waals surface area contributed by atoms with E-state index in [-0.39, 0.29) is 0 Å². The molecular formula is C25H21ClN2O4. The second-order valence-corrected chi connectivity index (χ2v) is 7.63. The first-order valence-electron chi connectivity index (χ1n) is 10.00. The van der Waals surface area contributed by atoms with Crippen LogP contribution < -0.4 is 4.74 Å². The number of carboxylic acid groups (broad SMARTS) is 1. The van der Waals surface area contributed by atoms with Gasteiger partial charge in [0.15, 0.2) is 0 Å². The van der Waals surface area contributed by atoms with Crippen LogP contribution in [0.1, 0.15) is 16.7 Å². The van der Waals surface area contributed by atoms with E-state index in [1.165, 1.54) is 6.21 Å². The van der Waals surface area contributed by atoms with Crippen LogP contribution in [0.3, 0.4) is 0 Å². The fraction of sp³-hybridized carbons (Fsp3) is 0.120. The summed E-state index contributed by atoms with van der Waals surface area (Å²) in [5.74, 6) is -0.374. The van der Waals surface area contributed by atoms with Crippen molar-refractivity contribution in [1.82, 2.24) is 4.57 Å². The second kappa shape index (κ2) is 10.0. The van der Waals surface area contributed by atoms with E-state index in [0.717, 1.165) is 27.6 Å². The van der Waals surface area contributed by atoms with Crippen LogP contribution in [0.2, 0.25) is 5.02 Å². The molecule has 0 fully saturated rings. The summed E-state index contributed by atoms with van der Waals surface area (Å²) in [6, 6.07) is 23.5. The zero-order valence-corrected chi connectivity index (χ0v) is 17.9. The third-order valence-electron chi connectivity index (χ3n) is 4.83. The van der Waals surface area contributed by atoms with Crippen molar-refractivity contribution in [1.29, 1.82) is 0 Å². The molecule has 0 spiro atoms. The fourth-order valence-electron chi connectivity index (χ4n) is 3.39. The summed E-state index contributed by atoms with van der Waals surface area (Å²) < 4.78 is 8.09. The Morgan fingerprint density at radius 2 is 1.84 bits per heavy atom. The number of aliphatic carboxylic acids is 1. The Kier molecular flexibility index (Phi) is 6.72. The van der Waals surface area contributed by atoms with Crippen LogP contribution in [0.5, 0.6) is 5.75 Å². The van der Waals surface area contributed by atoms with Crippen molar-refractivity contribution in [2.24, 2.45) is 5.16 Å². The van der Waals surface area contributed by atoms with Crippen molar-refractivity contribution in [3.05, 3.63) is 101 Å². The van der Waals surface area contributed by atoms with Gasteiger partial charge in [-0.15, -0.1) is 0 Å². The lowest BCUT2D eigenvalue weighted by atomic mass is 10.2. The first-order chi connectivity index (χ1) is 15.6. The SMILES string of the molecule is O=C(O)CON=Cc1cn(Cc2ccccc2)c2ccc(OCc3cccc(Cl)c3)cc12. The van der Waals surface area contributed by atoms with E-state index >= 15 is 0 Å². The van der Waals surface area contributed by atoms with Gasteiger partial charge in [-0.3, -0.25) is 0 Å². The van der Waals surface area contributed by atoms with Gasteiger partial charge in [-0.2, -0.15) is 0 Å². The molecule has 162 valence electrons. The van der Waals surface area contributed by atoms with E-state index < -0.39 is 12.6 Å². The molecule has 0 bridgehead atoms. The number of fused-ring (bicyclic) bond motifs is 1. The first-order valence-corrected chi connectivity index (χ1v) is 10.4. The van der Waals surface area contributed by atoms with Gasteiger partial charge >= 0.3 is 5.97 Å². The van der Waals surface area contributed by atoms with E-state index in [0.29, 0.717) is 23.9 Å². The van der Waals surface area contributed by atoms with Crippen LogP contribution in [0.25, 0.3) is 10.9 Å². The standard InChI is InChI=1S/C25H21ClN2O4/c26-21-8-4-7-19(11-21)16-31-22-9-10-24-23(12-22)20(13-27-32-17-25(29)30)15-28(24)14-18-5-2-1-3-6-18/h1-13,15H,14,16-17H2,(H,29,30). The number of rotatable bonds is 9. The summed E-state index contributed by atoms with van der Waals surface area (Å²) >= 11 is 6.05. The third kappa shape index (κ3) is 5.47. The molecule has 0 aliphatic heterocycles. The normalized spacial score (nSPS) is 11.2. The molecule has 1 N–H and O–H groups in total. The van der Waals surface area contributed by atoms with Crippen LogP contribution in [-0.2, 0) is 22.8 Å². The lowest BCUT2D eigenvalue weighted by Gasteiger charge is -2.09. The van der Waals surface area contributed by atoms with Crippen molar-refractivity contribution in [2.45, 2.75) is 13.2 Å². The lowest BCUT2D eigenvalue weighted by molar-refractivity contribution is -0.142. The summed E-state index contributed by atoms with van der Waals surface area (Å²) in [6.45, 7) is 0.582. The number of oxime groups is 1. The molecule has 1 heterocycles. The van der Waals surface area contributed by atoms with Gasteiger partial charge in [-0.1, -0.05) is 59.2 Å². The summed E-state index contributed by atoms with van der Waals surface area (Å²) in [6.07, 6.45) is 3.49. The summed E-state index contributed by atoms with van der Waals surface area (Å²) in [4.78, 5) is 15.5. The summed E-state index contributed by atoms with van der Waals surface area (Å²) in [5.41, 5.74) is 3.94. The summed E-state index contributed by atoms with van der Waals surface area (Å²) in [5, 5.41) is 14.1. The van der Waals surface area contributed by atoms with Gasteiger partial charge < -0.3 is 19.2 Å². The number of hydrogen-bond acceptors (Lipinski definition) is 4. The molecule has 0 radical (unpaired) electrons. The van der Waals surface area contributed by atoms with E-state index in [2.05, 4.69) is 21.9 Å². The Labute approximate surface area is 190 Å². The van der Waals surface area contributed by atoms with Crippen molar-refractivity contribution in [2.75, 3.05) is 6.61 Å². The Morgan fingerprint density at radius 3 is 2.62 bits per heavy atom. The fourth-order valence-corrected chi connectivity index (χ4v) is 3.60. The molecule has 4 rings (SSSR count). The molecule has 4 aromatic rings. The highest BCUT2D eigenvalue weighted by molar-refractivity contribution is 6.30. The minimum atomic E-state index is -1.08. The third-order valence-corrected chi connectivity index (χ3v) is 5.06. The number of ether oxygens (including phenoxy) is 1. The highest BCUT2D eigenvalue weighted by Crippen LogP contribution is 2.27. The zero-order chi connectivity index (χ0) is 22.3. The van der Waals surface area contributed by atoms with Gasteiger partial charge in [0.25, 0.3) is 0 Å². The van der Waals surface area contributed by atoms with E-state index in [9.17, 15) is 4.79 Å². The topological polar surface area (TPSA) is 73.0 Å². The lowest BCUT2D eigenvalue weighted by Crippen LogP contribution is -2.03. The molecule has 3 aromatic carbocycles. The maximum absolute atomic E-state index is 10.7. The van der Waals surface area contributed by atoms with Crippen molar-refractivity contribution in [3.8, 4) is 5.75 Å². The molecule has 0 saturated heterocycles. The van der Waals surface area contributed by atoms with Gasteiger partial charge in [-0.05, 0) is 41.5 Å². The quantitative estimate of drug-likeness (QED) is 0.276. The number of hydrogen-bond donors (Lipinski definition) is 1. The monoisotopic (exact) mass is 448 g/mol. The van der Waals surface area contributed by atoms with Crippen LogP contribution >= 0.6 is 11.6 Å². The van der Waals surface area contributed by atoms with E-state index in [1.54, 1.807) is 0 Å². The molecule has 0 unspecified atom stereocenters. The highest BCUT2D eigenvalue weighted by atomic mass is 35.5. The molecule has 0 amide bonds. The average Bonchev–Trinajstić information content (AvgIpc) is 3.12. The largest absolute Gasteiger partial charge is 0.489 e. The number of halogens is 1. The van der Waals surface area contributed by atoms with Crippen molar-refractivity contribution < 1.29 is 19.5 Å². The Balaban J connectivity index is 1.61. The number of nitrogens with zero attached hydrogens (tertiary/aromatic N) is 2. The molecule has 0 saturated carbocycles. The highest BCUT2D eigenvalue weighted by Gasteiger charge is 2.10. The molecule has 0 aliphatic rings. The van der Waals surface area contributed by atoms with Crippen LogP contribution in [0, 0.1) is 0 Å². The Morgan fingerprint density at radius 1 is 1.03 bits per heavy atom. The van der Waals surface area contributed by atoms with Crippen molar-refractivity contribution >= 4 is 34.7 Å². The Bertz CT molecular complexity index is 1250. The molecule has 1 aromatic heterocycles. The average molecular weight is 449 g/mol. The van der Waals surface area contributed by atoms with Crippen molar-refractivity contribution in [3.63, 3.8) is 0 Å². The molecule has 0 aliphatic carbocycles. The second-order valence-electron chi connectivity index (χ2n) is 7.20. The summed E-state index contributed by atoms with van der Waals surface area (Å²) in [7, 11) is 0.